The van der Waals surface area contributed by atoms with Gasteiger partial charge in [-0.15, -0.1) is 0 Å². The molecule has 1 aliphatic rings. The van der Waals surface area contributed by atoms with Crippen LogP contribution in [0, 0.1) is 5.82 Å². The number of carbonyl (C=O) groups excluding carboxylic acids is 4. The zero-order valence-corrected chi connectivity index (χ0v) is 14.7. The fourth-order valence-electron chi connectivity index (χ4n) is 1.96. The van der Waals surface area contributed by atoms with Gasteiger partial charge >= 0.3 is 5.97 Å². The molecule has 0 spiro atoms. The number of nitrogens with one attached hydrogen (secondary N) is 1. The second-order valence-corrected chi connectivity index (χ2v) is 6.43. The molecule has 0 aliphatic carbocycles. The van der Waals surface area contributed by atoms with Crippen molar-refractivity contribution in [3.05, 3.63) is 34.6 Å². The maximum Gasteiger partial charge on any atom is 0.341 e. The highest BCUT2D eigenvalue weighted by molar-refractivity contribution is 8.14. The first-order chi connectivity index (χ1) is 11.8. The van der Waals surface area contributed by atoms with Crippen molar-refractivity contribution in [2.24, 2.45) is 0 Å². The molecule has 1 N–H and O–H groups in total. The number of nitrogens with zero attached hydrogens (tertiary/aromatic N) is 1. The van der Waals surface area contributed by atoms with E-state index in [1.54, 1.807) is 0 Å². The molecule has 0 bridgehead atoms. The topological polar surface area (TPSA) is 92.8 Å². The summed E-state index contributed by atoms with van der Waals surface area (Å²) in [7, 11) is 0. The summed E-state index contributed by atoms with van der Waals surface area (Å²) >= 11 is 6.60. The molecule has 1 heterocycles. The van der Waals surface area contributed by atoms with E-state index in [1.807, 2.05) is 0 Å². The van der Waals surface area contributed by atoms with Crippen molar-refractivity contribution in [2.75, 3.05) is 18.8 Å². The quantitative estimate of drug-likeness (QED) is 0.747. The first-order valence-electron chi connectivity index (χ1n) is 7.20. The lowest BCUT2D eigenvalue weighted by atomic mass is 10.2. The molecule has 0 unspecified atom stereocenters. The normalized spacial score (nSPS) is 15.2. The molecule has 25 heavy (non-hydrogen) atoms. The van der Waals surface area contributed by atoms with Crippen molar-refractivity contribution in [2.45, 2.75) is 13.0 Å². The number of imide groups is 1. The van der Waals surface area contributed by atoms with Crippen molar-refractivity contribution >= 4 is 46.4 Å². The van der Waals surface area contributed by atoms with Gasteiger partial charge in [0, 0.05) is 18.1 Å². The number of amides is 3. The van der Waals surface area contributed by atoms with Gasteiger partial charge in [0.2, 0.25) is 5.91 Å². The lowest BCUT2D eigenvalue weighted by Gasteiger charge is -2.16. The van der Waals surface area contributed by atoms with Gasteiger partial charge in [0.1, 0.15) is 5.82 Å². The van der Waals surface area contributed by atoms with E-state index in [1.165, 1.54) is 13.0 Å². The van der Waals surface area contributed by atoms with Gasteiger partial charge in [-0.3, -0.25) is 19.3 Å². The second-order valence-electron chi connectivity index (χ2n) is 5.06. The first-order valence-corrected chi connectivity index (χ1v) is 8.57. The SMILES string of the molecule is C[C@H](OC(=O)c1cc(Cl)ccc1F)C(=O)NCCN1C(=O)CSC1=O. The minimum Gasteiger partial charge on any atom is -0.449 e. The number of hydrogen-bond donors (Lipinski definition) is 1. The molecule has 0 aromatic heterocycles. The third-order valence-electron chi connectivity index (χ3n) is 3.28. The average Bonchev–Trinajstić information content (AvgIpc) is 2.88. The molecule has 7 nitrogen and oxygen atoms in total. The van der Waals surface area contributed by atoms with Crippen molar-refractivity contribution in [1.29, 1.82) is 0 Å². The van der Waals surface area contributed by atoms with E-state index in [4.69, 9.17) is 16.3 Å². The van der Waals surface area contributed by atoms with Crippen LogP contribution in [0.2, 0.25) is 5.02 Å². The number of thioether (sulfide) groups is 1. The van der Waals surface area contributed by atoms with Crippen LogP contribution >= 0.6 is 23.4 Å². The Labute approximate surface area is 151 Å². The molecule has 1 aromatic rings. The first kappa shape index (κ1) is 19.2. The molecule has 1 aromatic carbocycles. The van der Waals surface area contributed by atoms with Crippen molar-refractivity contribution in [3.63, 3.8) is 0 Å². The van der Waals surface area contributed by atoms with Gasteiger partial charge in [0.25, 0.3) is 11.1 Å². The van der Waals surface area contributed by atoms with Gasteiger partial charge < -0.3 is 10.1 Å². The smallest absolute Gasteiger partial charge is 0.341 e. The van der Waals surface area contributed by atoms with Gasteiger partial charge in [0.15, 0.2) is 6.10 Å². The van der Waals surface area contributed by atoms with Crippen molar-refractivity contribution in [3.8, 4) is 0 Å². The van der Waals surface area contributed by atoms with E-state index < -0.39 is 23.8 Å². The van der Waals surface area contributed by atoms with Crippen LogP contribution in [0.3, 0.4) is 0 Å². The molecule has 134 valence electrons. The standard InChI is InChI=1S/C15H14ClFN2O5S/c1-8(24-14(22)10-6-9(16)2-3-11(10)17)13(21)18-4-5-19-12(20)7-25-15(19)23/h2-3,6,8H,4-5,7H2,1H3,(H,18,21)/t8-/m0/s1. The molecular formula is C15H14ClFN2O5S. The van der Waals surface area contributed by atoms with Gasteiger partial charge in [-0.05, 0) is 25.1 Å². The van der Waals surface area contributed by atoms with E-state index in [0.717, 1.165) is 28.8 Å². The number of halogens is 2. The van der Waals surface area contributed by atoms with Gasteiger partial charge in [0.05, 0.1) is 11.3 Å². The summed E-state index contributed by atoms with van der Waals surface area (Å²) in [5.74, 6) is -2.70. The Morgan fingerprint density at radius 2 is 2.16 bits per heavy atom. The Morgan fingerprint density at radius 3 is 2.80 bits per heavy atom. The van der Waals surface area contributed by atoms with Crippen LogP contribution in [-0.4, -0.2) is 52.9 Å². The van der Waals surface area contributed by atoms with Gasteiger partial charge in [-0.1, -0.05) is 23.4 Å². The predicted octanol–water partition coefficient (Wildman–Crippen LogP) is 1.84. The van der Waals surface area contributed by atoms with Crippen LogP contribution in [-0.2, 0) is 14.3 Å². The predicted molar refractivity (Wildman–Crippen MR) is 88.9 cm³/mol. The summed E-state index contributed by atoms with van der Waals surface area (Å²) in [6.45, 7) is 1.36. The molecule has 1 atom stereocenters. The van der Waals surface area contributed by atoms with E-state index in [9.17, 15) is 23.6 Å². The van der Waals surface area contributed by atoms with Crippen LogP contribution in [0.5, 0.6) is 0 Å². The minimum absolute atomic E-state index is 0.0181. The fraction of sp³-hybridized carbons (Fsp3) is 0.333. The van der Waals surface area contributed by atoms with Crippen LogP contribution < -0.4 is 5.32 Å². The average molecular weight is 389 g/mol. The maximum absolute atomic E-state index is 13.6. The lowest BCUT2D eigenvalue weighted by Crippen LogP contribution is -2.41. The van der Waals surface area contributed by atoms with E-state index >= 15 is 0 Å². The molecule has 0 saturated carbocycles. The highest BCUT2D eigenvalue weighted by Gasteiger charge is 2.29. The summed E-state index contributed by atoms with van der Waals surface area (Å²) in [5, 5.41) is 2.23. The molecule has 2 rings (SSSR count). The third kappa shape index (κ3) is 4.93. The summed E-state index contributed by atoms with van der Waals surface area (Å²) in [5.41, 5.74) is -0.377. The van der Waals surface area contributed by atoms with Crippen LogP contribution in [0.4, 0.5) is 9.18 Å². The molecule has 3 amide bonds. The molecular weight excluding hydrogens is 375 g/mol. The Morgan fingerprint density at radius 1 is 1.44 bits per heavy atom. The van der Waals surface area contributed by atoms with Gasteiger partial charge in [-0.2, -0.15) is 0 Å². The Bertz CT molecular complexity index is 714. The minimum atomic E-state index is -1.19. The summed E-state index contributed by atoms with van der Waals surface area (Å²) in [6, 6.07) is 3.40. The molecule has 1 aliphatic heterocycles. The summed E-state index contributed by atoms with van der Waals surface area (Å²) in [6.07, 6.45) is -1.19. The fourth-order valence-corrected chi connectivity index (χ4v) is 2.89. The number of hydrogen-bond acceptors (Lipinski definition) is 6. The maximum atomic E-state index is 13.6. The Kier molecular flexibility index (Phi) is 6.38. The number of benzene rings is 1. The van der Waals surface area contributed by atoms with Crippen molar-refractivity contribution in [1.82, 2.24) is 10.2 Å². The Hall–Kier alpha value is -2.13. The lowest BCUT2D eigenvalue weighted by molar-refractivity contribution is -0.130. The Balaban J connectivity index is 1.83. The van der Waals surface area contributed by atoms with E-state index in [-0.39, 0.29) is 40.6 Å². The number of carbonyl (C=O) groups is 4. The summed E-state index contributed by atoms with van der Waals surface area (Å²) in [4.78, 5) is 47.6. The highest BCUT2D eigenvalue weighted by Crippen LogP contribution is 2.18. The highest BCUT2D eigenvalue weighted by atomic mass is 35.5. The van der Waals surface area contributed by atoms with Crippen LogP contribution in [0.15, 0.2) is 18.2 Å². The molecule has 1 fully saturated rings. The third-order valence-corrected chi connectivity index (χ3v) is 4.37. The van der Waals surface area contributed by atoms with Crippen molar-refractivity contribution < 1.29 is 28.3 Å². The number of rotatable bonds is 6. The zero-order chi connectivity index (χ0) is 18.6. The number of esters is 1. The molecule has 10 heteroatoms. The summed E-state index contributed by atoms with van der Waals surface area (Å²) < 4.78 is 18.5. The van der Waals surface area contributed by atoms with E-state index in [0.29, 0.717) is 0 Å². The number of ether oxygens (including phenoxy) is 1. The monoisotopic (exact) mass is 388 g/mol. The zero-order valence-electron chi connectivity index (χ0n) is 13.1. The van der Waals surface area contributed by atoms with Crippen LogP contribution in [0.25, 0.3) is 0 Å². The van der Waals surface area contributed by atoms with Crippen LogP contribution in [0.1, 0.15) is 17.3 Å². The van der Waals surface area contributed by atoms with E-state index in [2.05, 4.69) is 5.32 Å². The van der Waals surface area contributed by atoms with Gasteiger partial charge in [-0.25, -0.2) is 9.18 Å². The molecule has 1 saturated heterocycles. The molecule has 0 radical (unpaired) electrons. The largest absolute Gasteiger partial charge is 0.449 e. The second kappa shape index (κ2) is 8.30.